The number of amides is 1. The van der Waals surface area contributed by atoms with E-state index in [1.807, 2.05) is 6.07 Å². The Morgan fingerprint density at radius 3 is 2.87 bits per heavy atom. The van der Waals surface area contributed by atoms with Gasteiger partial charge in [-0.3, -0.25) is 4.79 Å². The summed E-state index contributed by atoms with van der Waals surface area (Å²) in [5.41, 5.74) is 5.37. The summed E-state index contributed by atoms with van der Waals surface area (Å²) in [5, 5.41) is 16.2. The molecule has 2 N–H and O–H groups in total. The topological polar surface area (TPSA) is 95.9 Å². The highest BCUT2D eigenvalue weighted by Gasteiger charge is 2.20. The Morgan fingerprint density at radius 2 is 2.40 bits per heavy atom. The first kappa shape index (κ1) is 11.4. The number of aromatic nitrogens is 2. The highest BCUT2D eigenvalue weighted by atomic mass is 32.1. The monoisotopic (exact) mass is 225 g/mol. The van der Waals surface area contributed by atoms with Gasteiger partial charge in [-0.2, -0.15) is 5.26 Å². The van der Waals surface area contributed by atoms with Crippen LogP contribution in [0.1, 0.15) is 23.1 Å². The van der Waals surface area contributed by atoms with Crippen LogP contribution in [0.15, 0.2) is 0 Å². The lowest BCUT2D eigenvalue weighted by Crippen LogP contribution is -2.34. The van der Waals surface area contributed by atoms with Crippen molar-refractivity contribution in [2.75, 3.05) is 12.8 Å². The fourth-order valence-electron chi connectivity index (χ4n) is 0.941. The van der Waals surface area contributed by atoms with Gasteiger partial charge in [0.1, 0.15) is 0 Å². The van der Waals surface area contributed by atoms with Crippen molar-refractivity contribution in [2.24, 2.45) is 0 Å². The molecule has 80 valence electrons. The van der Waals surface area contributed by atoms with Gasteiger partial charge in [-0.25, -0.2) is 0 Å². The van der Waals surface area contributed by atoms with Crippen LogP contribution in [-0.2, 0) is 0 Å². The number of nitrogen functional groups attached to an aromatic ring is 1. The lowest BCUT2D eigenvalue weighted by molar-refractivity contribution is 0.0745. The van der Waals surface area contributed by atoms with E-state index in [2.05, 4.69) is 10.2 Å². The largest absolute Gasteiger partial charge is 0.374 e. The maximum atomic E-state index is 11.7. The van der Waals surface area contributed by atoms with Crippen LogP contribution in [-0.4, -0.2) is 34.1 Å². The average Bonchev–Trinajstić information content (AvgIpc) is 2.63. The van der Waals surface area contributed by atoms with Crippen molar-refractivity contribution in [3.8, 4) is 6.07 Å². The molecule has 1 aromatic heterocycles. The van der Waals surface area contributed by atoms with Gasteiger partial charge in [-0.05, 0) is 6.92 Å². The fraction of sp³-hybridized carbons (Fsp3) is 0.500. The second-order valence-electron chi connectivity index (χ2n) is 3.07. The molecule has 7 heteroatoms. The van der Waals surface area contributed by atoms with E-state index in [0.29, 0.717) is 0 Å². The van der Waals surface area contributed by atoms with E-state index < -0.39 is 0 Å². The molecule has 0 saturated heterocycles. The second-order valence-corrected chi connectivity index (χ2v) is 4.08. The predicted molar refractivity (Wildman–Crippen MR) is 56.1 cm³/mol. The van der Waals surface area contributed by atoms with E-state index >= 15 is 0 Å². The zero-order chi connectivity index (χ0) is 11.4. The van der Waals surface area contributed by atoms with Gasteiger partial charge in [0, 0.05) is 13.1 Å². The van der Waals surface area contributed by atoms with E-state index in [4.69, 9.17) is 11.0 Å². The van der Waals surface area contributed by atoms with Gasteiger partial charge in [-0.15, -0.1) is 10.2 Å². The summed E-state index contributed by atoms with van der Waals surface area (Å²) in [6.07, 6.45) is 0.288. The molecule has 0 aliphatic rings. The number of nitrogens with two attached hydrogens (primary N) is 1. The number of rotatable bonds is 3. The van der Waals surface area contributed by atoms with Crippen molar-refractivity contribution in [3.05, 3.63) is 5.01 Å². The van der Waals surface area contributed by atoms with E-state index in [-0.39, 0.29) is 28.5 Å². The van der Waals surface area contributed by atoms with Crippen LogP contribution in [0.25, 0.3) is 0 Å². The molecule has 1 atom stereocenters. The molecule has 15 heavy (non-hydrogen) atoms. The smallest absolute Gasteiger partial charge is 0.284 e. The first-order valence-corrected chi connectivity index (χ1v) is 5.11. The number of anilines is 1. The molecule has 0 spiro atoms. The van der Waals surface area contributed by atoms with Gasteiger partial charge in [0.2, 0.25) is 10.1 Å². The van der Waals surface area contributed by atoms with E-state index in [1.165, 1.54) is 4.90 Å². The molecule has 0 bridgehead atoms. The van der Waals surface area contributed by atoms with E-state index in [1.54, 1.807) is 14.0 Å². The molecule has 0 aromatic carbocycles. The van der Waals surface area contributed by atoms with Crippen molar-refractivity contribution < 1.29 is 4.79 Å². The summed E-state index contributed by atoms with van der Waals surface area (Å²) in [7, 11) is 1.63. The SMILES string of the molecule is CC(CC#N)N(C)C(=O)c1nnc(N)s1. The van der Waals surface area contributed by atoms with Gasteiger partial charge in [0.05, 0.1) is 12.5 Å². The maximum Gasteiger partial charge on any atom is 0.284 e. The summed E-state index contributed by atoms with van der Waals surface area (Å²) in [4.78, 5) is 13.2. The minimum atomic E-state index is -0.257. The molecule has 1 unspecified atom stereocenters. The Labute approximate surface area is 91.3 Å². The Kier molecular flexibility index (Phi) is 3.57. The maximum absolute atomic E-state index is 11.7. The summed E-state index contributed by atoms with van der Waals surface area (Å²) in [6, 6.07) is 1.86. The third kappa shape index (κ3) is 2.63. The molecule has 0 aliphatic carbocycles. The minimum absolute atomic E-state index is 0.146. The zero-order valence-electron chi connectivity index (χ0n) is 8.47. The Hall–Kier alpha value is -1.68. The first-order valence-electron chi connectivity index (χ1n) is 4.29. The van der Waals surface area contributed by atoms with Gasteiger partial charge in [0.15, 0.2) is 0 Å². The van der Waals surface area contributed by atoms with Crippen LogP contribution in [0.4, 0.5) is 5.13 Å². The Bertz CT molecular complexity index is 396. The molecule has 0 saturated carbocycles. The van der Waals surface area contributed by atoms with Crippen LogP contribution in [0.2, 0.25) is 0 Å². The van der Waals surface area contributed by atoms with E-state index in [0.717, 1.165) is 11.3 Å². The van der Waals surface area contributed by atoms with Crippen LogP contribution >= 0.6 is 11.3 Å². The lowest BCUT2D eigenvalue weighted by Gasteiger charge is -2.21. The van der Waals surface area contributed by atoms with Crippen LogP contribution < -0.4 is 5.73 Å². The molecular formula is C8H11N5OS. The summed E-state index contributed by atoms with van der Waals surface area (Å²) >= 11 is 1.04. The standard InChI is InChI=1S/C8H11N5OS/c1-5(3-4-9)13(2)7(14)6-11-12-8(10)15-6/h5H,3H2,1-2H3,(H2,10,12). The van der Waals surface area contributed by atoms with Gasteiger partial charge in [0.25, 0.3) is 5.91 Å². The van der Waals surface area contributed by atoms with E-state index in [9.17, 15) is 4.79 Å². The summed E-state index contributed by atoms with van der Waals surface area (Å²) in [6.45, 7) is 1.80. The minimum Gasteiger partial charge on any atom is -0.374 e. The number of carbonyl (C=O) groups excluding carboxylic acids is 1. The molecule has 0 fully saturated rings. The van der Waals surface area contributed by atoms with Gasteiger partial charge < -0.3 is 10.6 Å². The zero-order valence-corrected chi connectivity index (χ0v) is 9.28. The molecule has 1 amide bonds. The van der Waals surface area contributed by atoms with Gasteiger partial charge >= 0.3 is 0 Å². The van der Waals surface area contributed by atoms with Crippen molar-refractivity contribution in [1.29, 1.82) is 5.26 Å². The molecule has 0 radical (unpaired) electrons. The molecule has 6 nitrogen and oxygen atoms in total. The first-order chi connectivity index (χ1) is 7.06. The molecule has 1 rings (SSSR count). The number of nitriles is 1. The van der Waals surface area contributed by atoms with Crippen molar-refractivity contribution >= 4 is 22.4 Å². The Morgan fingerprint density at radius 1 is 1.73 bits per heavy atom. The second kappa shape index (κ2) is 4.70. The number of carbonyl (C=O) groups is 1. The quantitative estimate of drug-likeness (QED) is 0.807. The van der Waals surface area contributed by atoms with Crippen molar-refractivity contribution in [3.63, 3.8) is 0 Å². The summed E-state index contributed by atoms with van der Waals surface area (Å²) < 4.78 is 0. The molecular weight excluding hydrogens is 214 g/mol. The number of hydrogen-bond acceptors (Lipinski definition) is 6. The third-order valence-electron chi connectivity index (χ3n) is 1.99. The number of nitrogens with zero attached hydrogens (tertiary/aromatic N) is 4. The predicted octanol–water partition coefficient (Wildman–Crippen LogP) is 0.494. The summed E-state index contributed by atoms with van der Waals surface area (Å²) in [5.74, 6) is -0.257. The van der Waals surface area contributed by atoms with Crippen molar-refractivity contribution in [2.45, 2.75) is 19.4 Å². The van der Waals surface area contributed by atoms with Gasteiger partial charge in [-0.1, -0.05) is 11.3 Å². The van der Waals surface area contributed by atoms with Crippen molar-refractivity contribution in [1.82, 2.24) is 15.1 Å². The molecule has 0 aliphatic heterocycles. The highest BCUT2D eigenvalue weighted by Crippen LogP contribution is 2.14. The Balaban J connectivity index is 2.73. The molecule has 1 heterocycles. The highest BCUT2D eigenvalue weighted by molar-refractivity contribution is 7.16. The van der Waals surface area contributed by atoms with Crippen LogP contribution in [0, 0.1) is 11.3 Å². The molecule has 1 aromatic rings. The average molecular weight is 225 g/mol. The van der Waals surface area contributed by atoms with Crippen LogP contribution in [0.5, 0.6) is 0 Å². The third-order valence-corrected chi connectivity index (χ3v) is 2.73. The van der Waals surface area contributed by atoms with Crippen LogP contribution in [0.3, 0.4) is 0 Å². The lowest BCUT2D eigenvalue weighted by atomic mass is 10.2. The normalized spacial score (nSPS) is 11.8. The fourth-order valence-corrected chi connectivity index (χ4v) is 1.53. The number of hydrogen-bond donors (Lipinski definition) is 1.